The molecule has 0 aliphatic carbocycles. The van der Waals surface area contributed by atoms with E-state index in [1.165, 1.54) is 50.1 Å². The Hall–Kier alpha value is -12.6. The zero-order chi connectivity index (χ0) is 68.9. The van der Waals surface area contributed by atoms with Crippen LogP contribution in [0.25, 0.3) is 87.0 Å². The van der Waals surface area contributed by atoms with Crippen LogP contribution < -0.4 is 19.6 Å². The third-order valence-corrected chi connectivity index (χ3v) is 20.8. The topological polar surface area (TPSA) is 39.2 Å². The number of fused-ring (bicyclic) bond motifs is 14. The van der Waals surface area contributed by atoms with Gasteiger partial charge in [-0.3, -0.25) is 0 Å². The second kappa shape index (κ2) is 25.0. The molecule has 2 heterocycles. The van der Waals surface area contributed by atoms with Crippen LogP contribution in [-0.4, -0.2) is 0 Å². The van der Waals surface area contributed by atoms with Crippen molar-refractivity contribution in [1.29, 1.82) is 0 Å². The zero-order valence-corrected chi connectivity index (χ0v) is 58.3. The second-order valence-corrected chi connectivity index (χ2v) is 27.7. The Morgan fingerprint density at radius 3 is 0.873 bits per heavy atom. The molecule has 0 N–H and O–H groups in total. The van der Waals surface area contributed by atoms with Crippen LogP contribution >= 0.6 is 0 Å². The van der Waals surface area contributed by atoms with E-state index in [0.29, 0.717) is 0 Å². The van der Waals surface area contributed by atoms with Gasteiger partial charge >= 0.3 is 0 Å². The number of hydrogen-bond acceptors (Lipinski definition) is 6. The summed E-state index contributed by atoms with van der Waals surface area (Å²) in [7, 11) is 0. The molecule has 18 aromatic rings. The van der Waals surface area contributed by atoms with Crippen molar-refractivity contribution in [1.82, 2.24) is 0 Å². The third-order valence-electron chi connectivity index (χ3n) is 20.8. The van der Waals surface area contributed by atoms with Gasteiger partial charge in [0.05, 0.1) is 22.7 Å². The Balaban J connectivity index is 0.744. The van der Waals surface area contributed by atoms with E-state index in [0.717, 1.165) is 162 Å². The molecule has 0 saturated heterocycles. The van der Waals surface area contributed by atoms with Gasteiger partial charge in [-0.2, -0.15) is 0 Å². The molecule has 0 bridgehead atoms. The number of benzene rings is 16. The lowest BCUT2D eigenvalue weighted by Crippen LogP contribution is -2.12. The largest absolute Gasteiger partial charge is 0.455 e. The highest BCUT2D eigenvalue weighted by Gasteiger charge is 2.28. The predicted molar refractivity (Wildman–Crippen MR) is 432 cm³/mol. The molecule has 0 atom stereocenters. The van der Waals surface area contributed by atoms with Crippen LogP contribution in [0.4, 0.5) is 68.2 Å². The lowest BCUT2D eigenvalue weighted by atomic mass is 9.97. The van der Waals surface area contributed by atoms with Gasteiger partial charge in [0.25, 0.3) is 0 Å². The van der Waals surface area contributed by atoms with Crippen molar-refractivity contribution in [2.45, 2.75) is 54.9 Å². The number of anilines is 12. The molecule has 16 aromatic carbocycles. The van der Waals surface area contributed by atoms with Gasteiger partial charge in [-0.25, -0.2) is 0 Å². The van der Waals surface area contributed by atoms with Gasteiger partial charge in [0.2, 0.25) is 0 Å². The first kappa shape index (κ1) is 61.7. The van der Waals surface area contributed by atoms with Crippen molar-refractivity contribution in [2.75, 3.05) is 19.6 Å². The molecule has 0 aliphatic rings. The van der Waals surface area contributed by atoms with Crippen LogP contribution in [-0.2, 0) is 6.42 Å². The minimum atomic E-state index is 0.754. The predicted octanol–water partition coefficient (Wildman–Crippen LogP) is 27.7. The van der Waals surface area contributed by atoms with Crippen LogP contribution in [0.5, 0.6) is 0 Å². The van der Waals surface area contributed by atoms with Crippen LogP contribution in [0.1, 0.15) is 50.1 Å². The monoisotopic (exact) mass is 1310 g/mol. The van der Waals surface area contributed by atoms with Gasteiger partial charge in [-0.15, -0.1) is 0 Å². The summed E-state index contributed by atoms with van der Waals surface area (Å²) in [6.45, 7) is 15.3. The molecular formula is C96H74N4O2. The molecule has 0 amide bonds. The van der Waals surface area contributed by atoms with E-state index < -0.39 is 0 Å². The summed E-state index contributed by atoms with van der Waals surface area (Å²) in [6, 6.07) is 114. The first-order valence-electron chi connectivity index (χ1n) is 35.3. The Morgan fingerprint density at radius 2 is 0.520 bits per heavy atom. The standard InChI is InChI=1S/C96H74N4O2/c1-60-41-46-69(47-42-60)99(87-39-18-8-26-64(87)5)91-58-85-86-59-92(78-34-13-17-38-82(78)96(86)102-95(85)81-37-16-12-33-77(81)91)100(88-40-19-9-27-65(88)6)70-48-43-67(44-49-70)55-68-45-50-74(54-66(68)7)98(73-30-22-25-63(4)53-73)90-57-84-83-56-89(97(71-28-20-23-61(2)51-71)72-29-21-24-62(3)52-72)75-31-10-14-35-79(75)93(83)101-94(84)80-36-15-11-32-76(80)90/h8-54,56-59H,55H2,1-7H3. The average Bonchev–Trinajstić information content (AvgIpc) is 1.54. The van der Waals surface area contributed by atoms with Crippen molar-refractivity contribution >= 4 is 155 Å². The van der Waals surface area contributed by atoms with Crippen LogP contribution in [0.15, 0.2) is 318 Å². The number of para-hydroxylation sites is 2. The summed E-state index contributed by atoms with van der Waals surface area (Å²) >= 11 is 0. The number of furan rings is 2. The van der Waals surface area contributed by atoms with Gasteiger partial charge < -0.3 is 28.4 Å². The maximum absolute atomic E-state index is 7.24. The second-order valence-electron chi connectivity index (χ2n) is 27.7. The summed E-state index contributed by atoms with van der Waals surface area (Å²) in [6.07, 6.45) is 0.754. The highest BCUT2D eigenvalue weighted by atomic mass is 16.3. The lowest BCUT2D eigenvalue weighted by Gasteiger charge is -2.29. The highest BCUT2D eigenvalue weighted by Crippen LogP contribution is 2.52. The molecule has 0 radical (unpaired) electrons. The number of rotatable bonds is 14. The summed E-state index contributed by atoms with van der Waals surface area (Å²) in [4.78, 5) is 9.74. The molecule has 0 saturated carbocycles. The van der Waals surface area contributed by atoms with E-state index in [2.05, 4.69) is 377 Å². The molecule has 0 aliphatic heterocycles. The fourth-order valence-corrected chi connectivity index (χ4v) is 15.8. The van der Waals surface area contributed by atoms with Crippen molar-refractivity contribution in [3.8, 4) is 0 Å². The van der Waals surface area contributed by atoms with E-state index >= 15 is 0 Å². The van der Waals surface area contributed by atoms with E-state index in [1.807, 2.05) is 0 Å². The lowest BCUT2D eigenvalue weighted by molar-refractivity contribution is 0.676. The number of aryl methyl sites for hydroxylation is 7. The summed E-state index contributed by atoms with van der Waals surface area (Å²) in [5, 5.41) is 12.9. The van der Waals surface area contributed by atoms with Crippen molar-refractivity contribution in [3.05, 3.63) is 359 Å². The van der Waals surface area contributed by atoms with Crippen molar-refractivity contribution < 1.29 is 8.83 Å². The zero-order valence-electron chi connectivity index (χ0n) is 58.3. The van der Waals surface area contributed by atoms with Gasteiger partial charge in [0.15, 0.2) is 0 Å². The molecule has 2 aromatic heterocycles. The first-order valence-corrected chi connectivity index (χ1v) is 35.3. The first-order chi connectivity index (χ1) is 50.0. The Kier molecular flexibility index (Phi) is 15.1. The van der Waals surface area contributed by atoms with E-state index in [-0.39, 0.29) is 0 Å². The molecule has 102 heavy (non-hydrogen) atoms. The Bertz CT molecular complexity index is 6310. The van der Waals surface area contributed by atoms with E-state index in [1.54, 1.807) is 0 Å². The summed E-state index contributed by atoms with van der Waals surface area (Å²) in [5.41, 5.74) is 27.4. The summed E-state index contributed by atoms with van der Waals surface area (Å²) < 4.78 is 14.5. The van der Waals surface area contributed by atoms with Crippen molar-refractivity contribution in [3.63, 3.8) is 0 Å². The molecule has 6 heteroatoms. The highest BCUT2D eigenvalue weighted by molar-refractivity contribution is 6.27. The molecule has 6 nitrogen and oxygen atoms in total. The maximum Gasteiger partial charge on any atom is 0.143 e. The Labute approximate surface area is 594 Å². The fourth-order valence-electron chi connectivity index (χ4n) is 15.8. The van der Waals surface area contributed by atoms with E-state index in [9.17, 15) is 0 Å². The molecule has 0 unspecified atom stereocenters. The average molecular weight is 1320 g/mol. The van der Waals surface area contributed by atoms with Gasteiger partial charge in [0, 0.05) is 110 Å². The number of nitrogens with zero attached hydrogens (tertiary/aromatic N) is 4. The molecular weight excluding hydrogens is 1240 g/mol. The SMILES string of the molecule is Cc1ccc(N(c2ccccc2C)c2cc3c4cc(N(c5ccc(Cc6ccc(N(c7cccc(C)c7)c7cc8c9cc(N(c%10cccc(C)c%10)c%10cccc(C)c%10)c%10ccccc%10c9oc8c8ccccc78)cc6C)cc5)c5ccccc5C)c5ccccc5c4oc3c3ccccc23)cc1. The van der Waals surface area contributed by atoms with Gasteiger partial charge in [-0.05, 0) is 209 Å². The number of hydrogen-bond donors (Lipinski definition) is 0. The van der Waals surface area contributed by atoms with Crippen LogP contribution in [0.3, 0.4) is 0 Å². The molecule has 0 spiro atoms. The minimum Gasteiger partial charge on any atom is -0.455 e. The summed E-state index contributed by atoms with van der Waals surface area (Å²) in [5.74, 6) is 0. The Morgan fingerprint density at radius 1 is 0.206 bits per heavy atom. The van der Waals surface area contributed by atoms with Gasteiger partial charge in [0.1, 0.15) is 22.3 Å². The van der Waals surface area contributed by atoms with Crippen LogP contribution in [0, 0.1) is 48.5 Å². The minimum absolute atomic E-state index is 0.754. The smallest absolute Gasteiger partial charge is 0.143 e. The molecule has 490 valence electrons. The van der Waals surface area contributed by atoms with Gasteiger partial charge in [-0.1, -0.05) is 206 Å². The quantitative estimate of drug-likeness (QED) is 0.108. The fraction of sp³-hybridized carbons (Fsp3) is 0.0833. The third kappa shape index (κ3) is 10.6. The van der Waals surface area contributed by atoms with E-state index in [4.69, 9.17) is 8.83 Å². The maximum atomic E-state index is 7.24. The molecule has 18 rings (SSSR count). The molecule has 0 fully saturated rings. The normalized spacial score (nSPS) is 11.7. The van der Waals surface area contributed by atoms with Crippen molar-refractivity contribution in [2.24, 2.45) is 0 Å². The van der Waals surface area contributed by atoms with Crippen LogP contribution in [0.2, 0.25) is 0 Å².